The number of nitrogens with one attached hydrogen (secondary N) is 1. The van der Waals surface area contributed by atoms with Gasteiger partial charge >= 0.3 is 0 Å². The number of hydrogen-bond acceptors (Lipinski definition) is 5. The monoisotopic (exact) mass is 379 g/mol. The summed E-state index contributed by atoms with van der Waals surface area (Å²) in [6, 6.07) is 12.4. The molecule has 1 aromatic heterocycles. The first-order valence-corrected chi connectivity index (χ1v) is 9.47. The number of aromatic nitrogens is 1. The van der Waals surface area contributed by atoms with Crippen molar-refractivity contribution in [2.45, 2.75) is 19.8 Å². The highest BCUT2D eigenvalue weighted by atomic mass is 32.1. The molecule has 1 N–H and O–H groups in total. The number of hydrogen-bond donors (Lipinski definition) is 1. The Labute approximate surface area is 159 Å². The fourth-order valence-electron chi connectivity index (χ4n) is 3.18. The van der Waals surface area contributed by atoms with E-state index in [2.05, 4.69) is 10.3 Å². The van der Waals surface area contributed by atoms with E-state index in [1.807, 2.05) is 25.1 Å². The molecular formula is C20H17N3O3S. The molecule has 0 spiro atoms. The number of carbonyl (C=O) groups is 3. The van der Waals surface area contributed by atoms with Crippen LogP contribution in [0, 0.1) is 6.92 Å². The summed E-state index contributed by atoms with van der Waals surface area (Å²) in [4.78, 5) is 42.4. The van der Waals surface area contributed by atoms with Crippen LogP contribution in [-0.2, 0) is 4.79 Å². The smallest absolute Gasteiger partial charge is 0.261 e. The molecule has 2 heterocycles. The highest BCUT2D eigenvalue weighted by molar-refractivity contribution is 7.18. The van der Waals surface area contributed by atoms with Gasteiger partial charge in [-0.05, 0) is 43.7 Å². The third-order valence-electron chi connectivity index (χ3n) is 4.44. The molecule has 1 aliphatic heterocycles. The largest absolute Gasteiger partial charge is 0.326 e. The Balaban J connectivity index is 1.33. The first-order valence-electron chi connectivity index (χ1n) is 8.65. The maximum atomic E-state index is 12.3. The molecule has 6 nitrogen and oxygen atoms in total. The fraction of sp³-hybridized carbons (Fsp3) is 0.200. The second-order valence-corrected chi connectivity index (χ2v) is 7.61. The van der Waals surface area contributed by atoms with Gasteiger partial charge in [0.25, 0.3) is 11.8 Å². The summed E-state index contributed by atoms with van der Waals surface area (Å²) in [6.45, 7) is 2.18. The number of thiazole rings is 1. The highest BCUT2D eigenvalue weighted by Crippen LogP contribution is 2.25. The molecule has 136 valence electrons. The summed E-state index contributed by atoms with van der Waals surface area (Å²) in [6.07, 6.45) is 0.645. The number of anilines is 1. The molecule has 1 aliphatic rings. The van der Waals surface area contributed by atoms with E-state index in [9.17, 15) is 14.4 Å². The summed E-state index contributed by atoms with van der Waals surface area (Å²) in [5, 5.41) is 3.84. The first kappa shape index (κ1) is 17.4. The lowest BCUT2D eigenvalue weighted by molar-refractivity contribution is -0.116. The second-order valence-electron chi connectivity index (χ2n) is 6.37. The Morgan fingerprint density at radius 1 is 1.11 bits per heavy atom. The number of carbonyl (C=O) groups excluding carboxylic acids is 3. The maximum absolute atomic E-state index is 12.3. The number of fused-ring (bicyclic) bond motifs is 2. The van der Waals surface area contributed by atoms with Gasteiger partial charge in [-0.3, -0.25) is 19.3 Å². The number of benzene rings is 2. The minimum Gasteiger partial charge on any atom is -0.326 e. The molecule has 0 bridgehead atoms. The van der Waals surface area contributed by atoms with E-state index in [1.165, 1.54) is 4.90 Å². The number of nitrogens with zero attached hydrogens (tertiary/aromatic N) is 2. The fourth-order valence-corrected chi connectivity index (χ4v) is 4.05. The van der Waals surface area contributed by atoms with Crippen molar-refractivity contribution in [1.29, 1.82) is 0 Å². The Kier molecular flexibility index (Phi) is 4.45. The van der Waals surface area contributed by atoms with Crippen LogP contribution in [0.1, 0.15) is 38.6 Å². The molecule has 0 saturated carbocycles. The van der Waals surface area contributed by atoms with Crippen LogP contribution in [0.4, 0.5) is 5.69 Å². The average Bonchev–Trinajstić information content (AvgIpc) is 3.13. The van der Waals surface area contributed by atoms with Gasteiger partial charge in [0, 0.05) is 18.7 Å². The lowest BCUT2D eigenvalue weighted by atomic mass is 10.1. The van der Waals surface area contributed by atoms with Crippen molar-refractivity contribution in [2.24, 2.45) is 0 Å². The molecule has 3 aromatic rings. The number of amides is 3. The minimum atomic E-state index is -0.290. The quantitative estimate of drug-likeness (QED) is 0.687. The summed E-state index contributed by atoms with van der Waals surface area (Å²) in [5.74, 6) is -0.726. The zero-order valence-corrected chi connectivity index (χ0v) is 15.5. The Morgan fingerprint density at radius 2 is 1.81 bits per heavy atom. The number of imide groups is 1. The van der Waals surface area contributed by atoms with Crippen LogP contribution in [0.3, 0.4) is 0 Å². The third-order valence-corrected chi connectivity index (χ3v) is 5.38. The normalized spacial score (nSPS) is 13.3. The van der Waals surface area contributed by atoms with Crippen LogP contribution in [0.5, 0.6) is 0 Å². The van der Waals surface area contributed by atoms with Gasteiger partial charge in [0.2, 0.25) is 5.91 Å². The minimum absolute atomic E-state index is 0.146. The van der Waals surface area contributed by atoms with Gasteiger partial charge in [-0.2, -0.15) is 0 Å². The van der Waals surface area contributed by atoms with Gasteiger partial charge < -0.3 is 5.32 Å². The SMILES string of the molecule is Cc1nc2ccc(NC(=O)CCCN3C(=O)c4ccccc4C3=O)cc2s1. The van der Waals surface area contributed by atoms with E-state index in [0.29, 0.717) is 17.5 Å². The highest BCUT2D eigenvalue weighted by Gasteiger charge is 2.34. The lowest BCUT2D eigenvalue weighted by Gasteiger charge is -2.13. The molecule has 2 aromatic carbocycles. The van der Waals surface area contributed by atoms with E-state index >= 15 is 0 Å². The lowest BCUT2D eigenvalue weighted by Crippen LogP contribution is -2.31. The van der Waals surface area contributed by atoms with Crippen molar-refractivity contribution in [1.82, 2.24) is 9.88 Å². The standard InChI is InChI=1S/C20H17N3O3S/c1-12-21-16-9-8-13(11-17(16)27-12)22-18(24)7-4-10-23-19(25)14-5-2-3-6-15(14)20(23)26/h2-3,5-6,8-9,11H,4,7,10H2,1H3,(H,22,24). The van der Waals surface area contributed by atoms with Crippen LogP contribution in [0.15, 0.2) is 42.5 Å². The van der Waals surface area contributed by atoms with Crippen molar-refractivity contribution < 1.29 is 14.4 Å². The summed E-state index contributed by atoms with van der Waals surface area (Å²) in [5.41, 5.74) is 2.50. The molecule has 0 fully saturated rings. The van der Waals surface area contributed by atoms with Crippen molar-refractivity contribution >= 4 is 45.0 Å². The number of rotatable bonds is 5. The zero-order chi connectivity index (χ0) is 19.0. The molecule has 7 heteroatoms. The van der Waals surface area contributed by atoms with Crippen molar-refractivity contribution in [2.75, 3.05) is 11.9 Å². The molecule has 27 heavy (non-hydrogen) atoms. The molecule has 0 aliphatic carbocycles. The molecule has 4 rings (SSSR count). The molecule has 0 radical (unpaired) electrons. The summed E-state index contributed by atoms with van der Waals surface area (Å²) >= 11 is 1.58. The van der Waals surface area contributed by atoms with E-state index in [4.69, 9.17) is 0 Å². The molecule has 3 amide bonds. The first-order chi connectivity index (χ1) is 13.0. The topological polar surface area (TPSA) is 79.4 Å². The Morgan fingerprint density at radius 3 is 2.52 bits per heavy atom. The van der Waals surface area contributed by atoms with Crippen molar-refractivity contribution in [3.05, 3.63) is 58.6 Å². The van der Waals surface area contributed by atoms with Crippen molar-refractivity contribution in [3.63, 3.8) is 0 Å². The van der Waals surface area contributed by atoms with Crippen LogP contribution in [0.2, 0.25) is 0 Å². The van der Waals surface area contributed by atoms with E-state index < -0.39 is 0 Å². The molecule has 0 atom stereocenters. The number of aryl methyl sites for hydroxylation is 1. The zero-order valence-electron chi connectivity index (χ0n) is 14.7. The van der Waals surface area contributed by atoms with Gasteiger partial charge in [-0.15, -0.1) is 11.3 Å². The van der Waals surface area contributed by atoms with Gasteiger partial charge in [-0.25, -0.2) is 4.98 Å². The second kappa shape index (κ2) is 6.92. The Bertz CT molecular complexity index is 1040. The predicted molar refractivity (Wildman–Crippen MR) is 104 cm³/mol. The summed E-state index contributed by atoms with van der Waals surface area (Å²) < 4.78 is 1.02. The van der Waals surface area contributed by atoms with Crippen LogP contribution >= 0.6 is 11.3 Å². The van der Waals surface area contributed by atoms with E-state index in [1.54, 1.807) is 35.6 Å². The third kappa shape index (κ3) is 3.33. The van der Waals surface area contributed by atoms with Crippen LogP contribution < -0.4 is 5.32 Å². The van der Waals surface area contributed by atoms with Gasteiger partial charge in [0.05, 0.1) is 26.4 Å². The molecule has 0 unspecified atom stereocenters. The average molecular weight is 379 g/mol. The van der Waals surface area contributed by atoms with Crippen LogP contribution in [0.25, 0.3) is 10.2 Å². The van der Waals surface area contributed by atoms with Gasteiger partial charge in [-0.1, -0.05) is 12.1 Å². The molecule has 0 saturated heterocycles. The van der Waals surface area contributed by atoms with Gasteiger partial charge in [0.15, 0.2) is 0 Å². The van der Waals surface area contributed by atoms with Gasteiger partial charge in [0.1, 0.15) is 0 Å². The van der Waals surface area contributed by atoms with Crippen molar-refractivity contribution in [3.8, 4) is 0 Å². The van der Waals surface area contributed by atoms with E-state index in [0.717, 1.165) is 20.9 Å². The summed E-state index contributed by atoms with van der Waals surface area (Å²) in [7, 11) is 0. The predicted octanol–water partition coefficient (Wildman–Crippen LogP) is 3.62. The van der Waals surface area contributed by atoms with E-state index in [-0.39, 0.29) is 30.7 Å². The Hall–Kier alpha value is -3.06. The molecular weight excluding hydrogens is 362 g/mol. The maximum Gasteiger partial charge on any atom is 0.261 e. The van der Waals surface area contributed by atoms with Crippen LogP contribution in [-0.4, -0.2) is 34.2 Å².